The molecular weight excluding hydrogens is 342 g/mol. The third-order valence-corrected chi connectivity index (χ3v) is 4.94. The fraction of sp³-hybridized carbons (Fsp3) is 0.381. The number of amides is 1. The summed E-state index contributed by atoms with van der Waals surface area (Å²) in [7, 11) is 5.08. The van der Waals surface area contributed by atoms with Crippen LogP contribution in [0.3, 0.4) is 0 Å². The molecule has 1 aliphatic rings. The lowest BCUT2D eigenvalue weighted by molar-refractivity contribution is -0.145. The molecule has 27 heavy (non-hydrogen) atoms. The summed E-state index contributed by atoms with van der Waals surface area (Å²) in [6.07, 6.45) is 1.42. The SMILES string of the molecule is COC(=O)[C@@H]1CCCN1C(=O)c1ccc(-c2ccccc2C)nc1N(C)C. The number of benzene rings is 1. The molecule has 2 aromatic rings. The molecule has 1 aromatic carbocycles. The molecule has 0 radical (unpaired) electrons. The van der Waals surface area contributed by atoms with Crippen molar-refractivity contribution in [3.8, 4) is 11.3 Å². The number of aryl methyl sites for hydroxylation is 1. The van der Waals surface area contributed by atoms with Crippen molar-refractivity contribution in [3.05, 3.63) is 47.5 Å². The van der Waals surface area contributed by atoms with Gasteiger partial charge in [-0.2, -0.15) is 0 Å². The van der Waals surface area contributed by atoms with Gasteiger partial charge in [0.15, 0.2) is 0 Å². The Morgan fingerprint density at radius 3 is 2.59 bits per heavy atom. The third kappa shape index (κ3) is 3.65. The van der Waals surface area contributed by atoms with Crippen LogP contribution in [-0.2, 0) is 9.53 Å². The lowest BCUT2D eigenvalue weighted by atomic mass is 10.0. The van der Waals surface area contributed by atoms with Gasteiger partial charge in [-0.15, -0.1) is 0 Å². The number of ether oxygens (including phenoxy) is 1. The van der Waals surface area contributed by atoms with Crippen LogP contribution < -0.4 is 4.90 Å². The van der Waals surface area contributed by atoms with Crippen LogP contribution in [0.5, 0.6) is 0 Å². The number of anilines is 1. The van der Waals surface area contributed by atoms with Gasteiger partial charge >= 0.3 is 5.97 Å². The summed E-state index contributed by atoms with van der Waals surface area (Å²) in [5.74, 6) is 0.0449. The van der Waals surface area contributed by atoms with E-state index in [4.69, 9.17) is 9.72 Å². The number of likely N-dealkylation sites (tertiary alicyclic amines) is 1. The zero-order valence-corrected chi connectivity index (χ0v) is 16.2. The fourth-order valence-corrected chi connectivity index (χ4v) is 3.51. The van der Waals surface area contributed by atoms with E-state index >= 15 is 0 Å². The summed E-state index contributed by atoms with van der Waals surface area (Å²) in [4.78, 5) is 33.4. The Morgan fingerprint density at radius 1 is 1.19 bits per heavy atom. The van der Waals surface area contributed by atoms with E-state index in [0.717, 1.165) is 23.2 Å². The average molecular weight is 367 g/mol. The van der Waals surface area contributed by atoms with Crippen molar-refractivity contribution in [1.82, 2.24) is 9.88 Å². The highest BCUT2D eigenvalue weighted by Crippen LogP contribution is 2.28. The van der Waals surface area contributed by atoms with Crippen molar-refractivity contribution < 1.29 is 14.3 Å². The maximum Gasteiger partial charge on any atom is 0.328 e. The van der Waals surface area contributed by atoms with E-state index in [-0.39, 0.29) is 11.9 Å². The van der Waals surface area contributed by atoms with Crippen molar-refractivity contribution >= 4 is 17.7 Å². The minimum atomic E-state index is -0.520. The van der Waals surface area contributed by atoms with Crippen LogP contribution >= 0.6 is 0 Å². The van der Waals surface area contributed by atoms with Crippen LogP contribution in [-0.4, -0.2) is 55.6 Å². The first-order chi connectivity index (χ1) is 12.9. The zero-order chi connectivity index (χ0) is 19.6. The van der Waals surface area contributed by atoms with Gasteiger partial charge in [0.25, 0.3) is 5.91 Å². The summed E-state index contributed by atoms with van der Waals surface area (Å²) in [5, 5.41) is 0. The Bertz CT molecular complexity index is 864. The number of nitrogens with zero attached hydrogens (tertiary/aromatic N) is 3. The summed E-state index contributed by atoms with van der Waals surface area (Å²) < 4.78 is 4.86. The van der Waals surface area contributed by atoms with Crippen molar-refractivity contribution in [3.63, 3.8) is 0 Å². The number of esters is 1. The van der Waals surface area contributed by atoms with Gasteiger partial charge < -0.3 is 14.5 Å². The maximum atomic E-state index is 13.2. The highest BCUT2D eigenvalue weighted by molar-refractivity contribution is 6.01. The number of pyridine rings is 1. The van der Waals surface area contributed by atoms with Crippen LogP contribution in [0.15, 0.2) is 36.4 Å². The standard InChI is InChI=1S/C21H25N3O3/c1-14-8-5-6-9-15(14)17-12-11-16(19(22-17)23(2)3)20(25)24-13-7-10-18(24)21(26)27-4/h5-6,8-9,11-12,18H,7,10,13H2,1-4H3/t18-/m0/s1. The first kappa shape index (κ1) is 18.9. The second-order valence-electron chi connectivity index (χ2n) is 6.96. The smallest absolute Gasteiger partial charge is 0.328 e. The molecule has 1 fully saturated rings. The van der Waals surface area contributed by atoms with Gasteiger partial charge in [-0.25, -0.2) is 9.78 Å². The third-order valence-electron chi connectivity index (χ3n) is 4.94. The van der Waals surface area contributed by atoms with E-state index in [2.05, 4.69) is 0 Å². The molecule has 0 aliphatic carbocycles. The average Bonchev–Trinajstić information content (AvgIpc) is 3.16. The highest BCUT2D eigenvalue weighted by Gasteiger charge is 2.36. The van der Waals surface area contributed by atoms with E-state index in [1.807, 2.05) is 56.3 Å². The van der Waals surface area contributed by atoms with Crippen LogP contribution in [0.1, 0.15) is 28.8 Å². The summed E-state index contributed by atoms with van der Waals surface area (Å²) in [6, 6.07) is 11.2. The molecule has 0 N–H and O–H groups in total. The lowest BCUT2D eigenvalue weighted by Crippen LogP contribution is -2.41. The second kappa shape index (κ2) is 7.78. The normalized spacial score (nSPS) is 16.3. The molecule has 0 spiro atoms. The predicted molar refractivity (Wildman–Crippen MR) is 105 cm³/mol. The predicted octanol–water partition coefficient (Wildman–Crippen LogP) is 2.90. The largest absolute Gasteiger partial charge is 0.467 e. The number of hydrogen-bond donors (Lipinski definition) is 0. The summed E-state index contributed by atoms with van der Waals surface area (Å²) >= 11 is 0. The molecule has 0 saturated carbocycles. The molecule has 0 unspecified atom stereocenters. The van der Waals surface area contributed by atoms with Gasteiger partial charge in [0.05, 0.1) is 18.4 Å². The number of rotatable bonds is 4. The van der Waals surface area contributed by atoms with Crippen LogP contribution in [0.4, 0.5) is 5.82 Å². The summed E-state index contributed by atoms with van der Waals surface area (Å²) in [6.45, 7) is 2.58. The zero-order valence-electron chi connectivity index (χ0n) is 16.2. The molecule has 1 saturated heterocycles. The summed E-state index contributed by atoms with van der Waals surface area (Å²) in [5.41, 5.74) is 3.47. The van der Waals surface area contributed by atoms with E-state index in [9.17, 15) is 9.59 Å². The van der Waals surface area contributed by atoms with Crippen LogP contribution in [0.25, 0.3) is 11.3 Å². The molecule has 1 aliphatic heterocycles. The number of hydrogen-bond acceptors (Lipinski definition) is 5. The maximum absolute atomic E-state index is 13.2. The topological polar surface area (TPSA) is 62.7 Å². The van der Waals surface area contributed by atoms with Crippen LogP contribution in [0, 0.1) is 6.92 Å². The van der Waals surface area contributed by atoms with Gasteiger partial charge in [0.2, 0.25) is 0 Å². The van der Waals surface area contributed by atoms with Crippen LogP contribution in [0.2, 0.25) is 0 Å². The monoisotopic (exact) mass is 367 g/mol. The Balaban J connectivity index is 1.99. The Hall–Kier alpha value is -2.89. The molecule has 6 nitrogen and oxygen atoms in total. The van der Waals surface area contributed by atoms with Gasteiger partial charge in [-0.3, -0.25) is 4.79 Å². The highest BCUT2D eigenvalue weighted by atomic mass is 16.5. The molecule has 142 valence electrons. The fourth-order valence-electron chi connectivity index (χ4n) is 3.51. The molecule has 6 heteroatoms. The number of carbonyl (C=O) groups excluding carboxylic acids is 2. The van der Waals surface area contributed by atoms with Crippen molar-refractivity contribution in [2.45, 2.75) is 25.8 Å². The van der Waals surface area contributed by atoms with E-state index in [1.165, 1.54) is 7.11 Å². The first-order valence-corrected chi connectivity index (χ1v) is 9.07. The first-order valence-electron chi connectivity index (χ1n) is 9.07. The molecule has 1 amide bonds. The van der Waals surface area contributed by atoms with Crippen molar-refractivity contribution in [2.24, 2.45) is 0 Å². The second-order valence-corrected chi connectivity index (χ2v) is 6.96. The van der Waals surface area contributed by atoms with Gasteiger partial charge in [0.1, 0.15) is 11.9 Å². The van der Waals surface area contributed by atoms with E-state index in [0.29, 0.717) is 24.3 Å². The van der Waals surface area contributed by atoms with E-state index in [1.54, 1.807) is 11.0 Å². The minimum absolute atomic E-state index is 0.185. The molecule has 1 aromatic heterocycles. The Labute approximate surface area is 159 Å². The van der Waals surface area contributed by atoms with Gasteiger partial charge in [0, 0.05) is 26.2 Å². The minimum Gasteiger partial charge on any atom is -0.467 e. The quantitative estimate of drug-likeness (QED) is 0.778. The number of methoxy groups -OCH3 is 1. The van der Waals surface area contributed by atoms with Crippen molar-refractivity contribution in [1.29, 1.82) is 0 Å². The van der Waals surface area contributed by atoms with Crippen molar-refractivity contribution in [2.75, 3.05) is 32.6 Å². The Morgan fingerprint density at radius 2 is 1.93 bits per heavy atom. The lowest BCUT2D eigenvalue weighted by Gasteiger charge is -2.25. The molecule has 1 atom stereocenters. The molecule has 2 heterocycles. The van der Waals surface area contributed by atoms with Gasteiger partial charge in [-0.05, 0) is 37.5 Å². The number of carbonyl (C=O) groups is 2. The molecular formula is C21H25N3O3. The molecule has 3 rings (SSSR count). The Kier molecular flexibility index (Phi) is 5.44. The number of aromatic nitrogens is 1. The van der Waals surface area contributed by atoms with Gasteiger partial charge in [-0.1, -0.05) is 24.3 Å². The van der Waals surface area contributed by atoms with E-state index < -0.39 is 6.04 Å². The molecule has 0 bridgehead atoms.